The van der Waals surface area contributed by atoms with Crippen LogP contribution < -0.4 is 10.1 Å². The van der Waals surface area contributed by atoms with Gasteiger partial charge in [0.05, 0.1) is 6.10 Å². The van der Waals surface area contributed by atoms with Crippen molar-refractivity contribution < 1.29 is 34.9 Å². The minimum atomic E-state index is -1.52. The number of hydrogen-bond acceptors (Lipinski definition) is 8. The van der Waals surface area contributed by atoms with E-state index in [2.05, 4.69) is 10.2 Å². The summed E-state index contributed by atoms with van der Waals surface area (Å²) in [5, 5.41) is 50.4. The summed E-state index contributed by atoms with van der Waals surface area (Å²) >= 11 is 0. The molecule has 0 amide bonds. The largest absolute Gasteiger partial charge is 0.507 e. The maximum atomic E-state index is 11.6. The second-order valence-corrected chi connectivity index (χ2v) is 7.22. The number of nitrogens with zero attached hydrogens (tertiary/aromatic N) is 1. The van der Waals surface area contributed by atoms with Crippen molar-refractivity contribution >= 4 is 13.1 Å². The number of β-amino-alcohol motifs (C(OH)–C–C–N with tert-alkyl or cyclic N) is 1. The molecule has 2 aliphatic heterocycles. The van der Waals surface area contributed by atoms with E-state index in [4.69, 9.17) is 14.8 Å². The molecule has 10 heteroatoms. The average Bonchev–Trinajstić information content (AvgIpc) is 2.96. The molecule has 9 nitrogen and oxygen atoms in total. The Morgan fingerprint density at radius 3 is 2.67 bits per heavy atom. The van der Waals surface area contributed by atoms with Gasteiger partial charge in [0, 0.05) is 32.2 Å². The smallest absolute Gasteiger partial charge is 0.451 e. The first-order chi connectivity index (χ1) is 12.8. The first-order valence-electron chi connectivity index (χ1n) is 9.08. The summed E-state index contributed by atoms with van der Waals surface area (Å²) in [6, 6.07) is 3.29. The third kappa shape index (κ3) is 4.91. The number of likely N-dealkylation sites (tertiary alicyclic amines) is 1. The van der Waals surface area contributed by atoms with Gasteiger partial charge < -0.3 is 35.4 Å². The van der Waals surface area contributed by atoms with E-state index in [1.165, 1.54) is 6.07 Å². The lowest BCUT2D eigenvalue weighted by Gasteiger charge is -2.40. The second-order valence-electron chi connectivity index (χ2n) is 7.22. The monoisotopic (exact) mass is 380 g/mol. The van der Waals surface area contributed by atoms with Crippen molar-refractivity contribution in [3.63, 3.8) is 0 Å². The maximum absolute atomic E-state index is 11.6. The number of carboxylic acids is 1. The zero-order valence-corrected chi connectivity index (χ0v) is 14.9. The SMILES string of the molecule is O=C(O)c1c(OC2CN(C[C@@H]3C[C@@H](O)CN3)C2)ccc(CCB(O)O)c1O. The Hall–Kier alpha value is -1.85. The molecular formula is C17H25BN2O7. The number of aromatic carboxylic acids is 1. The van der Waals surface area contributed by atoms with Crippen molar-refractivity contribution in [2.24, 2.45) is 0 Å². The van der Waals surface area contributed by atoms with Crippen molar-refractivity contribution in [3.8, 4) is 11.5 Å². The maximum Gasteiger partial charge on any atom is 0.451 e. The van der Waals surface area contributed by atoms with Gasteiger partial charge in [-0.1, -0.05) is 6.07 Å². The van der Waals surface area contributed by atoms with Crippen LogP contribution >= 0.6 is 0 Å². The fourth-order valence-electron chi connectivity index (χ4n) is 3.58. The molecule has 27 heavy (non-hydrogen) atoms. The molecule has 0 saturated carbocycles. The Morgan fingerprint density at radius 1 is 1.33 bits per heavy atom. The van der Waals surface area contributed by atoms with E-state index >= 15 is 0 Å². The zero-order valence-electron chi connectivity index (χ0n) is 14.9. The molecule has 0 spiro atoms. The molecule has 0 aromatic heterocycles. The molecule has 2 atom stereocenters. The number of aliphatic hydroxyl groups excluding tert-OH is 1. The molecule has 0 radical (unpaired) electrons. The Kier molecular flexibility index (Phi) is 6.23. The third-order valence-electron chi connectivity index (χ3n) is 5.00. The van der Waals surface area contributed by atoms with Crippen LogP contribution in [0.5, 0.6) is 11.5 Å². The van der Waals surface area contributed by atoms with E-state index in [0.29, 0.717) is 25.2 Å². The van der Waals surface area contributed by atoms with Crippen LogP contribution in [0, 0.1) is 0 Å². The van der Waals surface area contributed by atoms with Crippen molar-refractivity contribution in [2.45, 2.75) is 37.4 Å². The fraction of sp³-hybridized carbons (Fsp3) is 0.588. The molecule has 1 aromatic carbocycles. The highest BCUT2D eigenvalue weighted by Crippen LogP contribution is 2.34. The van der Waals surface area contributed by atoms with Gasteiger partial charge in [-0.3, -0.25) is 4.90 Å². The summed E-state index contributed by atoms with van der Waals surface area (Å²) in [5.41, 5.74) is 0.0212. The topological polar surface area (TPSA) is 143 Å². The molecule has 2 heterocycles. The van der Waals surface area contributed by atoms with Gasteiger partial charge in [-0.15, -0.1) is 0 Å². The Bertz CT molecular complexity index is 681. The molecule has 0 unspecified atom stereocenters. The number of aliphatic hydroxyl groups is 1. The van der Waals surface area contributed by atoms with Crippen LogP contribution in [0.15, 0.2) is 12.1 Å². The molecule has 2 aliphatic rings. The second kappa shape index (κ2) is 8.45. The van der Waals surface area contributed by atoms with Gasteiger partial charge in [-0.2, -0.15) is 0 Å². The van der Waals surface area contributed by atoms with E-state index < -0.39 is 18.8 Å². The lowest BCUT2D eigenvalue weighted by atomic mass is 9.82. The van der Waals surface area contributed by atoms with E-state index in [1.807, 2.05) is 0 Å². The number of carboxylic acid groups (broad SMARTS) is 1. The van der Waals surface area contributed by atoms with Crippen LogP contribution in [0.2, 0.25) is 6.32 Å². The summed E-state index contributed by atoms with van der Waals surface area (Å²) < 4.78 is 5.77. The first kappa shape index (κ1) is 19.9. The summed E-state index contributed by atoms with van der Waals surface area (Å²) in [6.45, 7) is 2.70. The molecule has 0 aliphatic carbocycles. The van der Waals surface area contributed by atoms with Gasteiger partial charge in [0.2, 0.25) is 0 Å². The number of benzene rings is 1. The standard InChI is InChI=1S/C17H25BN2O7/c21-12-5-11(19-6-12)7-20-8-13(9-20)27-14-2-1-10(3-4-18(25)26)16(22)15(14)17(23)24/h1-2,11-13,19,21-22,25-26H,3-9H2,(H,23,24)/t11-,12+/m0/s1. The van der Waals surface area contributed by atoms with Crippen molar-refractivity contribution in [1.82, 2.24) is 10.2 Å². The van der Waals surface area contributed by atoms with Gasteiger partial charge in [-0.05, 0) is 30.8 Å². The molecule has 6 N–H and O–H groups in total. The highest BCUT2D eigenvalue weighted by Gasteiger charge is 2.33. The van der Waals surface area contributed by atoms with Crippen molar-refractivity contribution in [2.75, 3.05) is 26.2 Å². The number of rotatable bonds is 8. The molecule has 1 aromatic rings. The van der Waals surface area contributed by atoms with Crippen LogP contribution in [-0.2, 0) is 6.42 Å². The minimum absolute atomic E-state index is 0.00565. The van der Waals surface area contributed by atoms with Gasteiger partial charge in [0.25, 0.3) is 0 Å². The van der Waals surface area contributed by atoms with Crippen LogP contribution in [0.3, 0.4) is 0 Å². The number of ether oxygens (including phenoxy) is 1. The molecule has 2 fully saturated rings. The third-order valence-corrected chi connectivity index (χ3v) is 5.00. The Labute approximate surface area is 157 Å². The number of phenols is 1. The van der Waals surface area contributed by atoms with Gasteiger partial charge >= 0.3 is 13.1 Å². The van der Waals surface area contributed by atoms with Crippen LogP contribution in [0.25, 0.3) is 0 Å². The average molecular weight is 380 g/mol. The van der Waals surface area contributed by atoms with E-state index in [9.17, 15) is 20.1 Å². The molecule has 148 valence electrons. The zero-order chi connectivity index (χ0) is 19.6. The molecule has 2 saturated heterocycles. The summed E-state index contributed by atoms with van der Waals surface area (Å²) in [7, 11) is -1.52. The number of carbonyl (C=O) groups is 1. The predicted molar refractivity (Wildman–Crippen MR) is 97.0 cm³/mol. The fourth-order valence-corrected chi connectivity index (χ4v) is 3.58. The Balaban J connectivity index is 1.58. The number of nitrogens with one attached hydrogen (secondary N) is 1. The predicted octanol–water partition coefficient (Wildman–Crippen LogP) is -1.11. The summed E-state index contributed by atoms with van der Waals surface area (Å²) in [6.07, 6.45) is 0.396. The summed E-state index contributed by atoms with van der Waals surface area (Å²) in [5.74, 6) is -1.59. The normalized spacial score (nSPS) is 23.2. The number of hydrogen-bond donors (Lipinski definition) is 6. The highest BCUT2D eigenvalue weighted by atomic mass is 16.5. The lowest BCUT2D eigenvalue weighted by Crippen LogP contribution is -2.56. The molecule has 3 rings (SSSR count). The first-order valence-corrected chi connectivity index (χ1v) is 9.08. The van der Waals surface area contributed by atoms with Crippen LogP contribution in [-0.4, -0.2) is 87.8 Å². The van der Waals surface area contributed by atoms with Crippen molar-refractivity contribution in [3.05, 3.63) is 23.3 Å². The van der Waals surface area contributed by atoms with E-state index in [-0.39, 0.29) is 42.3 Å². The van der Waals surface area contributed by atoms with Gasteiger partial charge in [0.15, 0.2) is 0 Å². The highest BCUT2D eigenvalue weighted by molar-refractivity contribution is 6.41. The summed E-state index contributed by atoms with van der Waals surface area (Å²) in [4.78, 5) is 13.7. The quantitative estimate of drug-likeness (QED) is 0.310. The molecule has 0 bridgehead atoms. The lowest BCUT2D eigenvalue weighted by molar-refractivity contribution is 0.0136. The van der Waals surface area contributed by atoms with Gasteiger partial charge in [0.1, 0.15) is 23.2 Å². The van der Waals surface area contributed by atoms with Crippen LogP contribution in [0.1, 0.15) is 22.3 Å². The van der Waals surface area contributed by atoms with E-state index in [1.54, 1.807) is 6.07 Å². The van der Waals surface area contributed by atoms with Crippen molar-refractivity contribution in [1.29, 1.82) is 0 Å². The number of aromatic hydroxyl groups is 1. The minimum Gasteiger partial charge on any atom is -0.507 e. The Morgan fingerprint density at radius 2 is 2.07 bits per heavy atom. The van der Waals surface area contributed by atoms with E-state index in [0.717, 1.165) is 13.0 Å². The molecular weight excluding hydrogens is 355 g/mol. The number of aryl methyl sites for hydroxylation is 1. The van der Waals surface area contributed by atoms with Crippen LogP contribution in [0.4, 0.5) is 0 Å². The van der Waals surface area contributed by atoms with Gasteiger partial charge in [-0.25, -0.2) is 4.79 Å².